The highest BCUT2D eigenvalue weighted by atomic mass is 16.2. The molecule has 6 heteroatoms. The second-order valence-corrected chi connectivity index (χ2v) is 6.65. The molecule has 3 rings (SSSR count). The fraction of sp³-hybridized carbons (Fsp3) is 0.350. The number of amides is 2. The molecule has 1 atom stereocenters. The lowest BCUT2D eigenvalue weighted by molar-refractivity contribution is -0.127. The van der Waals surface area contributed by atoms with E-state index in [4.69, 9.17) is 5.73 Å². The summed E-state index contributed by atoms with van der Waals surface area (Å²) in [5.74, 6) is -0.323. The van der Waals surface area contributed by atoms with Crippen molar-refractivity contribution in [2.75, 3.05) is 19.6 Å². The van der Waals surface area contributed by atoms with E-state index in [1.807, 2.05) is 47.4 Å². The lowest BCUT2D eigenvalue weighted by Crippen LogP contribution is -2.44. The third kappa shape index (κ3) is 4.67. The molecule has 0 radical (unpaired) electrons. The van der Waals surface area contributed by atoms with E-state index in [0.29, 0.717) is 13.1 Å². The summed E-state index contributed by atoms with van der Waals surface area (Å²) < 4.78 is 0. The smallest absolute Gasteiger partial charge is 0.231 e. The Morgan fingerprint density at radius 3 is 2.31 bits per heavy atom. The van der Waals surface area contributed by atoms with Crippen molar-refractivity contribution in [2.24, 2.45) is 11.7 Å². The molecule has 1 aliphatic heterocycles. The molecule has 0 saturated carbocycles. The topological polar surface area (TPSA) is 88.3 Å². The van der Waals surface area contributed by atoms with Gasteiger partial charge in [-0.1, -0.05) is 30.3 Å². The van der Waals surface area contributed by atoms with E-state index in [1.54, 1.807) is 12.4 Å². The van der Waals surface area contributed by atoms with E-state index in [0.717, 1.165) is 24.0 Å². The van der Waals surface area contributed by atoms with Crippen LogP contribution in [0.5, 0.6) is 0 Å². The largest absolute Gasteiger partial charge is 0.369 e. The number of likely N-dealkylation sites (tertiary alicyclic amines) is 1. The fourth-order valence-electron chi connectivity index (χ4n) is 3.39. The lowest BCUT2D eigenvalue weighted by Gasteiger charge is -2.31. The Morgan fingerprint density at radius 1 is 1.08 bits per heavy atom. The predicted octanol–water partition coefficient (Wildman–Crippen LogP) is 1.48. The van der Waals surface area contributed by atoms with Gasteiger partial charge < -0.3 is 11.1 Å². The maximum absolute atomic E-state index is 12.8. The molecule has 0 spiro atoms. The van der Waals surface area contributed by atoms with Crippen LogP contribution < -0.4 is 11.1 Å². The average Bonchev–Trinajstić information content (AvgIpc) is 2.67. The summed E-state index contributed by atoms with van der Waals surface area (Å²) in [6.45, 7) is 1.69. The van der Waals surface area contributed by atoms with Crippen LogP contribution in [0.3, 0.4) is 0 Å². The van der Waals surface area contributed by atoms with Crippen LogP contribution in [0.25, 0.3) is 0 Å². The van der Waals surface area contributed by atoms with Crippen LogP contribution in [0.4, 0.5) is 0 Å². The molecule has 2 amide bonds. The molecule has 1 aliphatic rings. The minimum Gasteiger partial charge on any atom is -0.369 e. The van der Waals surface area contributed by atoms with E-state index >= 15 is 0 Å². The lowest BCUT2D eigenvalue weighted by atomic mass is 9.93. The predicted molar refractivity (Wildman–Crippen MR) is 99.0 cm³/mol. The van der Waals surface area contributed by atoms with Gasteiger partial charge in [-0.3, -0.25) is 19.5 Å². The van der Waals surface area contributed by atoms with Crippen LogP contribution >= 0.6 is 0 Å². The van der Waals surface area contributed by atoms with E-state index in [1.165, 1.54) is 0 Å². The van der Waals surface area contributed by atoms with Crippen LogP contribution in [0, 0.1) is 5.92 Å². The zero-order chi connectivity index (χ0) is 18.4. The van der Waals surface area contributed by atoms with Crippen LogP contribution in [0.1, 0.15) is 30.0 Å². The summed E-state index contributed by atoms with van der Waals surface area (Å²) >= 11 is 0. The first kappa shape index (κ1) is 18.1. The highest BCUT2D eigenvalue weighted by molar-refractivity contribution is 5.80. The Balaban J connectivity index is 1.68. The van der Waals surface area contributed by atoms with Crippen molar-refractivity contribution in [3.63, 3.8) is 0 Å². The average molecular weight is 352 g/mol. The molecule has 0 aliphatic carbocycles. The van der Waals surface area contributed by atoms with Gasteiger partial charge in [-0.05, 0) is 49.2 Å². The number of rotatable bonds is 6. The summed E-state index contributed by atoms with van der Waals surface area (Å²) in [6, 6.07) is 13.6. The van der Waals surface area contributed by atoms with E-state index in [9.17, 15) is 9.59 Å². The maximum Gasteiger partial charge on any atom is 0.231 e. The number of nitrogens with two attached hydrogens (primary N) is 1. The zero-order valence-electron chi connectivity index (χ0n) is 14.7. The Kier molecular flexibility index (Phi) is 5.96. The number of primary amides is 1. The van der Waals surface area contributed by atoms with Gasteiger partial charge in [-0.2, -0.15) is 0 Å². The molecule has 1 aromatic heterocycles. The first-order valence-corrected chi connectivity index (χ1v) is 8.89. The van der Waals surface area contributed by atoms with Crippen LogP contribution in [0.15, 0.2) is 54.9 Å². The summed E-state index contributed by atoms with van der Waals surface area (Å²) in [5.41, 5.74) is 7.29. The minimum absolute atomic E-state index is 0.0489. The first-order valence-electron chi connectivity index (χ1n) is 8.89. The Bertz CT molecular complexity index is 688. The monoisotopic (exact) mass is 352 g/mol. The van der Waals surface area contributed by atoms with Crippen LogP contribution in [-0.4, -0.2) is 41.3 Å². The van der Waals surface area contributed by atoms with E-state index in [-0.39, 0.29) is 30.3 Å². The van der Waals surface area contributed by atoms with Gasteiger partial charge in [-0.15, -0.1) is 0 Å². The number of nitrogens with zero attached hydrogens (tertiary/aromatic N) is 2. The van der Waals surface area contributed by atoms with Gasteiger partial charge in [0.05, 0.1) is 12.6 Å². The molecular weight excluding hydrogens is 328 g/mol. The molecule has 6 nitrogen and oxygen atoms in total. The number of carbonyl (C=O) groups is 2. The number of hydrogen-bond acceptors (Lipinski definition) is 4. The Morgan fingerprint density at radius 2 is 1.69 bits per heavy atom. The Labute approximate surface area is 153 Å². The third-order valence-corrected chi connectivity index (χ3v) is 4.80. The molecule has 1 fully saturated rings. The van der Waals surface area contributed by atoms with Gasteiger partial charge in [0.2, 0.25) is 11.8 Å². The number of aromatic nitrogens is 1. The maximum atomic E-state index is 12.8. The molecule has 2 aromatic rings. The Hall–Kier alpha value is -2.73. The number of benzene rings is 1. The quantitative estimate of drug-likeness (QED) is 0.824. The van der Waals surface area contributed by atoms with Crippen molar-refractivity contribution < 1.29 is 9.59 Å². The van der Waals surface area contributed by atoms with Crippen molar-refractivity contribution in [3.05, 3.63) is 66.0 Å². The SMILES string of the molecule is NC(=O)CN1CCC(C(=O)N[C@@H](c2ccccc2)c2ccncc2)CC1. The van der Waals surface area contributed by atoms with E-state index in [2.05, 4.69) is 10.3 Å². The van der Waals surface area contributed by atoms with E-state index < -0.39 is 0 Å². The van der Waals surface area contributed by atoms with Gasteiger partial charge in [0.15, 0.2) is 0 Å². The molecule has 1 saturated heterocycles. The van der Waals surface area contributed by atoms with Crippen molar-refractivity contribution in [2.45, 2.75) is 18.9 Å². The summed E-state index contributed by atoms with van der Waals surface area (Å²) in [4.78, 5) is 30.0. The fourth-order valence-corrected chi connectivity index (χ4v) is 3.39. The highest BCUT2D eigenvalue weighted by Crippen LogP contribution is 2.24. The van der Waals surface area contributed by atoms with Crippen molar-refractivity contribution in [1.82, 2.24) is 15.2 Å². The summed E-state index contributed by atoms with van der Waals surface area (Å²) in [5, 5.41) is 3.20. The van der Waals surface area contributed by atoms with Gasteiger partial charge in [0.1, 0.15) is 0 Å². The number of pyridine rings is 1. The van der Waals surface area contributed by atoms with Gasteiger partial charge in [0.25, 0.3) is 0 Å². The number of carbonyl (C=O) groups excluding carboxylic acids is 2. The minimum atomic E-state index is -0.324. The molecule has 2 heterocycles. The van der Waals surface area contributed by atoms with Crippen LogP contribution in [-0.2, 0) is 9.59 Å². The third-order valence-electron chi connectivity index (χ3n) is 4.80. The number of nitrogens with one attached hydrogen (secondary N) is 1. The van der Waals surface area contributed by atoms with Gasteiger partial charge in [-0.25, -0.2) is 0 Å². The highest BCUT2D eigenvalue weighted by Gasteiger charge is 2.27. The van der Waals surface area contributed by atoms with Gasteiger partial charge in [0, 0.05) is 18.3 Å². The second-order valence-electron chi connectivity index (χ2n) is 6.65. The van der Waals surface area contributed by atoms with Crippen LogP contribution in [0.2, 0.25) is 0 Å². The summed E-state index contributed by atoms with van der Waals surface area (Å²) in [7, 11) is 0. The standard InChI is InChI=1S/C20H24N4O2/c21-18(25)14-24-12-8-17(9-13-24)20(26)23-19(15-4-2-1-3-5-15)16-6-10-22-11-7-16/h1-7,10-11,17,19H,8-9,12-14H2,(H2,21,25)(H,23,26)/t19-/m0/s1. The normalized spacial score (nSPS) is 16.8. The molecule has 136 valence electrons. The van der Waals surface area contributed by atoms with Crippen molar-refractivity contribution in [3.8, 4) is 0 Å². The molecule has 26 heavy (non-hydrogen) atoms. The van der Waals surface area contributed by atoms with Crippen molar-refractivity contribution >= 4 is 11.8 Å². The summed E-state index contributed by atoms with van der Waals surface area (Å²) in [6.07, 6.45) is 4.94. The molecule has 1 aromatic carbocycles. The molecule has 3 N–H and O–H groups in total. The number of piperidine rings is 1. The first-order chi connectivity index (χ1) is 12.6. The number of hydrogen-bond donors (Lipinski definition) is 2. The zero-order valence-corrected chi connectivity index (χ0v) is 14.7. The van der Waals surface area contributed by atoms with Crippen molar-refractivity contribution in [1.29, 1.82) is 0 Å². The second kappa shape index (κ2) is 8.58. The molecule has 0 bridgehead atoms. The van der Waals surface area contributed by atoms with Gasteiger partial charge >= 0.3 is 0 Å². The molecule has 0 unspecified atom stereocenters. The molecular formula is C20H24N4O2.